The van der Waals surface area contributed by atoms with Gasteiger partial charge in [-0.15, -0.1) is 0 Å². The molecule has 2 nitrogen and oxygen atoms in total. The molecular formula is C12H24BrN2+. The van der Waals surface area contributed by atoms with Crippen molar-refractivity contribution in [3.05, 3.63) is 0 Å². The summed E-state index contributed by atoms with van der Waals surface area (Å²) in [5.74, 6) is 0. The van der Waals surface area contributed by atoms with Crippen LogP contribution in [0.25, 0.3) is 0 Å². The third-order valence-corrected chi connectivity index (χ3v) is 5.13. The zero-order valence-electron chi connectivity index (χ0n) is 9.76. The Morgan fingerprint density at radius 2 is 0.667 bits per heavy atom. The van der Waals surface area contributed by atoms with Crippen LogP contribution in [0.5, 0.6) is 0 Å². The molecule has 0 radical (unpaired) electrons. The molecule has 3 fully saturated rings. The van der Waals surface area contributed by atoms with E-state index in [9.17, 15) is 0 Å². The molecule has 15 heavy (non-hydrogen) atoms. The monoisotopic (exact) mass is 275 g/mol. The van der Waals surface area contributed by atoms with Crippen LogP contribution in [-0.4, -0.2) is 61.3 Å². The molecule has 2 spiro atoms. The van der Waals surface area contributed by atoms with Crippen LogP contribution in [0.1, 0.15) is 25.7 Å². The third-order valence-electron chi connectivity index (χ3n) is 5.13. The van der Waals surface area contributed by atoms with Crippen LogP contribution in [0.3, 0.4) is 0 Å². The molecule has 0 aromatic carbocycles. The van der Waals surface area contributed by atoms with Gasteiger partial charge in [0.05, 0.1) is 26.2 Å². The molecule has 0 unspecified atom stereocenters. The Balaban J connectivity index is 0.000000853. The molecule has 3 rings (SSSR count). The minimum atomic E-state index is 0. The Labute approximate surface area is 104 Å². The lowest BCUT2D eigenvalue weighted by molar-refractivity contribution is -1.02. The summed E-state index contributed by atoms with van der Waals surface area (Å²) in [5, 5.41) is 0. The van der Waals surface area contributed by atoms with Gasteiger partial charge in [0.25, 0.3) is 0 Å². The van der Waals surface area contributed by atoms with E-state index in [1.54, 1.807) is 0 Å². The SMILES string of the molecule is C1CC[N+]2(C1)CC[N+]1(CCCC1)CC2.[Br-]. The second-order valence-corrected chi connectivity index (χ2v) is 5.89. The molecule has 0 aliphatic carbocycles. The Morgan fingerprint density at radius 1 is 0.400 bits per heavy atom. The fraction of sp³-hybridized carbons (Fsp3) is 1.00. The number of hydrogen-bond donors (Lipinski definition) is 0. The summed E-state index contributed by atoms with van der Waals surface area (Å²) in [7, 11) is 0. The zero-order valence-corrected chi connectivity index (χ0v) is 11.3. The Kier molecular flexibility index (Phi) is 3.44. The molecule has 3 aliphatic rings. The number of nitrogens with zero attached hydrogens (tertiary/aromatic N) is 2. The summed E-state index contributed by atoms with van der Waals surface area (Å²) >= 11 is 0. The number of hydrogen-bond acceptors (Lipinski definition) is 0. The van der Waals surface area contributed by atoms with Crippen molar-refractivity contribution >= 4 is 0 Å². The lowest BCUT2D eigenvalue weighted by Gasteiger charge is -2.46. The minimum absolute atomic E-state index is 0. The first kappa shape index (κ1) is 11.9. The first-order valence-corrected chi connectivity index (χ1v) is 6.53. The van der Waals surface area contributed by atoms with Crippen molar-refractivity contribution in [2.45, 2.75) is 25.7 Å². The van der Waals surface area contributed by atoms with E-state index >= 15 is 0 Å². The van der Waals surface area contributed by atoms with Crippen LogP contribution >= 0.6 is 0 Å². The predicted molar refractivity (Wildman–Crippen MR) is 57.9 cm³/mol. The van der Waals surface area contributed by atoms with Crippen molar-refractivity contribution in [2.75, 3.05) is 52.4 Å². The van der Waals surface area contributed by atoms with Gasteiger partial charge in [-0.05, 0) is 0 Å². The van der Waals surface area contributed by atoms with Crippen LogP contribution in [0.4, 0.5) is 0 Å². The van der Waals surface area contributed by atoms with Gasteiger partial charge in [-0.1, -0.05) is 0 Å². The van der Waals surface area contributed by atoms with Crippen molar-refractivity contribution < 1.29 is 25.9 Å². The van der Waals surface area contributed by atoms with Crippen molar-refractivity contribution in [2.24, 2.45) is 0 Å². The molecule has 0 bridgehead atoms. The number of rotatable bonds is 0. The second kappa shape index (κ2) is 4.34. The zero-order chi connectivity index (χ0) is 9.49. The smallest absolute Gasteiger partial charge is 0.129 e. The van der Waals surface area contributed by atoms with E-state index < -0.39 is 0 Å². The fourth-order valence-electron chi connectivity index (χ4n) is 3.98. The van der Waals surface area contributed by atoms with Crippen molar-refractivity contribution in [1.82, 2.24) is 0 Å². The lowest BCUT2D eigenvalue weighted by atomic mass is 10.2. The first-order chi connectivity index (χ1) is 6.83. The number of quaternary nitrogens is 2. The average molecular weight is 276 g/mol. The standard InChI is InChI=1S/C12H24N2.BrH/c1-2-6-13(5-1)9-11-14(12-10-13)7-3-4-8-14;/h1-12H2;1H/q+2;/p-1. The predicted octanol–water partition coefficient (Wildman–Crippen LogP) is -1.77. The molecule has 0 atom stereocenters. The molecule has 0 aromatic rings. The molecule has 0 N–H and O–H groups in total. The Bertz CT molecular complexity index is 182. The maximum atomic E-state index is 1.50. The third kappa shape index (κ3) is 2.11. The normalized spacial score (nSPS) is 32.0. The second-order valence-electron chi connectivity index (χ2n) is 5.89. The Morgan fingerprint density at radius 3 is 0.933 bits per heavy atom. The highest BCUT2D eigenvalue weighted by atomic mass is 79.9. The van der Waals surface area contributed by atoms with E-state index in [2.05, 4.69) is 0 Å². The highest BCUT2D eigenvalue weighted by Crippen LogP contribution is 2.28. The molecule has 3 heteroatoms. The highest BCUT2D eigenvalue weighted by Gasteiger charge is 2.44. The van der Waals surface area contributed by atoms with Crippen LogP contribution in [0.2, 0.25) is 0 Å². The summed E-state index contributed by atoms with van der Waals surface area (Å²) in [6, 6.07) is 0. The summed E-state index contributed by atoms with van der Waals surface area (Å²) in [4.78, 5) is 0. The molecule has 3 heterocycles. The molecule has 3 aliphatic heterocycles. The number of piperazine rings is 1. The minimum Gasteiger partial charge on any atom is -1.00 e. The van der Waals surface area contributed by atoms with Crippen LogP contribution < -0.4 is 17.0 Å². The summed E-state index contributed by atoms with van der Waals surface area (Å²) in [6.07, 6.45) is 6.00. The van der Waals surface area contributed by atoms with Crippen LogP contribution in [0, 0.1) is 0 Å². The van der Waals surface area contributed by atoms with Gasteiger partial charge in [-0.25, -0.2) is 0 Å². The molecule has 3 saturated heterocycles. The Hall–Kier alpha value is 0.400. The molecule has 88 valence electrons. The van der Waals surface area contributed by atoms with Crippen molar-refractivity contribution in [3.8, 4) is 0 Å². The average Bonchev–Trinajstić information content (AvgIpc) is 2.81. The van der Waals surface area contributed by atoms with Gasteiger partial charge >= 0.3 is 0 Å². The maximum absolute atomic E-state index is 1.50. The van der Waals surface area contributed by atoms with Crippen LogP contribution in [-0.2, 0) is 0 Å². The van der Waals surface area contributed by atoms with Gasteiger partial charge in [0.1, 0.15) is 26.2 Å². The highest BCUT2D eigenvalue weighted by molar-refractivity contribution is 4.63. The number of halogens is 1. The van der Waals surface area contributed by atoms with E-state index in [0.29, 0.717) is 0 Å². The van der Waals surface area contributed by atoms with Gasteiger partial charge in [-0.2, -0.15) is 0 Å². The summed E-state index contributed by atoms with van der Waals surface area (Å²) in [5.41, 5.74) is 0. The molecule has 0 aromatic heterocycles. The van der Waals surface area contributed by atoms with Gasteiger partial charge in [0.2, 0.25) is 0 Å². The lowest BCUT2D eigenvalue weighted by Crippen LogP contribution is -3.00. The van der Waals surface area contributed by atoms with Crippen molar-refractivity contribution in [1.29, 1.82) is 0 Å². The van der Waals surface area contributed by atoms with Gasteiger partial charge in [-0.3, -0.25) is 0 Å². The fourth-order valence-corrected chi connectivity index (χ4v) is 3.98. The first-order valence-electron chi connectivity index (χ1n) is 6.53. The summed E-state index contributed by atoms with van der Waals surface area (Å²) < 4.78 is 3.00. The van der Waals surface area contributed by atoms with Crippen LogP contribution in [0.15, 0.2) is 0 Å². The largest absolute Gasteiger partial charge is 1.00 e. The van der Waals surface area contributed by atoms with E-state index in [1.807, 2.05) is 0 Å². The topological polar surface area (TPSA) is 0 Å². The van der Waals surface area contributed by atoms with Gasteiger partial charge in [0, 0.05) is 25.7 Å². The van der Waals surface area contributed by atoms with Crippen molar-refractivity contribution in [3.63, 3.8) is 0 Å². The molecular weight excluding hydrogens is 252 g/mol. The quantitative estimate of drug-likeness (QED) is 0.459. The maximum Gasteiger partial charge on any atom is 0.129 e. The van der Waals surface area contributed by atoms with E-state index in [-0.39, 0.29) is 17.0 Å². The van der Waals surface area contributed by atoms with E-state index in [0.717, 1.165) is 0 Å². The van der Waals surface area contributed by atoms with E-state index in [4.69, 9.17) is 0 Å². The van der Waals surface area contributed by atoms with Gasteiger partial charge < -0.3 is 25.9 Å². The molecule has 0 saturated carbocycles. The van der Waals surface area contributed by atoms with E-state index in [1.165, 1.54) is 87.0 Å². The molecule has 0 amide bonds. The summed E-state index contributed by atoms with van der Waals surface area (Å²) in [6.45, 7) is 12.0. The van der Waals surface area contributed by atoms with Gasteiger partial charge in [0.15, 0.2) is 0 Å².